The van der Waals surface area contributed by atoms with Gasteiger partial charge in [-0.3, -0.25) is 4.79 Å². The van der Waals surface area contributed by atoms with Gasteiger partial charge in [-0.15, -0.1) is 0 Å². The molecule has 3 nitrogen and oxygen atoms in total. The molecule has 70 valence electrons. The van der Waals surface area contributed by atoms with Crippen molar-refractivity contribution in [3.63, 3.8) is 0 Å². The van der Waals surface area contributed by atoms with Crippen molar-refractivity contribution in [3.8, 4) is 0 Å². The van der Waals surface area contributed by atoms with Gasteiger partial charge in [0.25, 0.3) is 0 Å². The van der Waals surface area contributed by atoms with Crippen molar-refractivity contribution in [2.75, 3.05) is 13.6 Å². The Kier molecular flexibility index (Phi) is 2.73. The molecule has 0 radical (unpaired) electrons. The van der Waals surface area contributed by atoms with Gasteiger partial charge in [0.15, 0.2) is 0 Å². The number of likely N-dealkylation sites (N-methyl/N-ethyl adjacent to an activating group) is 1. The Labute approximate surface area is 73.9 Å². The van der Waals surface area contributed by atoms with Crippen LogP contribution in [0.2, 0.25) is 0 Å². The van der Waals surface area contributed by atoms with Crippen LogP contribution in [0.3, 0.4) is 0 Å². The molecule has 1 saturated carbocycles. The summed E-state index contributed by atoms with van der Waals surface area (Å²) in [5, 5.41) is 0. The molecule has 0 heterocycles. The highest BCUT2D eigenvalue weighted by molar-refractivity contribution is 5.80. The van der Waals surface area contributed by atoms with Crippen molar-refractivity contribution in [3.05, 3.63) is 0 Å². The maximum Gasteiger partial charge on any atom is 0.238 e. The Morgan fingerprint density at radius 3 is 2.58 bits per heavy atom. The van der Waals surface area contributed by atoms with Crippen molar-refractivity contribution < 1.29 is 4.79 Å². The van der Waals surface area contributed by atoms with E-state index in [-0.39, 0.29) is 11.9 Å². The van der Waals surface area contributed by atoms with Gasteiger partial charge in [0.2, 0.25) is 5.91 Å². The number of hydrogen-bond donors (Lipinski definition) is 1. The second-order valence-corrected chi connectivity index (χ2v) is 3.98. The third-order valence-electron chi connectivity index (χ3n) is 2.55. The van der Waals surface area contributed by atoms with Gasteiger partial charge in [0.05, 0.1) is 6.04 Å². The monoisotopic (exact) mass is 170 g/mol. The summed E-state index contributed by atoms with van der Waals surface area (Å²) in [7, 11) is 1.83. The lowest BCUT2D eigenvalue weighted by Gasteiger charge is -2.18. The summed E-state index contributed by atoms with van der Waals surface area (Å²) in [5.41, 5.74) is 5.48. The van der Waals surface area contributed by atoms with Crippen LogP contribution in [-0.2, 0) is 4.79 Å². The molecule has 0 aliphatic heterocycles. The van der Waals surface area contributed by atoms with E-state index < -0.39 is 0 Å². The molecule has 2 N–H and O–H groups in total. The van der Waals surface area contributed by atoms with Gasteiger partial charge >= 0.3 is 0 Å². The molecule has 1 aliphatic carbocycles. The molecule has 1 aliphatic rings. The first-order valence-corrected chi connectivity index (χ1v) is 4.53. The first kappa shape index (κ1) is 9.52. The zero-order valence-electron chi connectivity index (χ0n) is 8.08. The van der Waals surface area contributed by atoms with Crippen LogP contribution in [0.4, 0.5) is 0 Å². The van der Waals surface area contributed by atoms with E-state index in [0.29, 0.717) is 0 Å². The Morgan fingerprint density at radius 2 is 2.25 bits per heavy atom. The quantitative estimate of drug-likeness (QED) is 0.668. The fourth-order valence-corrected chi connectivity index (χ4v) is 1.44. The Morgan fingerprint density at radius 1 is 1.75 bits per heavy atom. The van der Waals surface area contributed by atoms with Crippen LogP contribution in [0, 0.1) is 11.8 Å². The number of hydrogen-bond acceptors (Lipinski definition) is 2. The predicted molar refractivity (Wildman–Crippen MR) is 48.6 cm³/mol. The summed E-state index contributed by atoms with van der Waals surface area (Å²) < 4.78 is 0. The molecular formula is C9H18N2O. The summed E-state index contributed by atoms with van der Waals surface area (Å²) >= 11 is 0. The van der Waals surface area contributed by atoms with Crippen LogP contribution in [0.5, 0.6) is 0 Å². The fourth-order valence-electron chi connectivity index (χ4n) is 1.44. The lowest BCUT2D eigenvalue weighted by atomic mass is 10.2. The number of rotatable bonds is 3. The summed E-state index contributed by atoms with van der Waals surface area (Å²) in [6, 6.07) is -0.357. The SMILES string of the molecule is CC1CC1CN(C)C(=O)[C@H](C)N. The van der Waals surface area contributed by atoms with Gasteiger partial charge in [0, 0.05) is 13.6 Å². The van der Waals surface area contributed by atoms with Gasteiger partial charge in [0.1, 0.15) is 0 Å². The molecule has 0 bridgehead atoms. The van der Waals surface area contributed by atoms with Gasteiger partial charge in [-0.1, -0.05) is 6.92 Å². The molecule has 0 aromatic rings. The zero-order valence-corrected chi connectivity index (χ0v) is 8.08. The third-order valence-corrected chi connectivity index (χ3v) is 2.55. The van der Waals surface area contributed by atoms with Crippen LogP contribution >= 0.6 is 0 Å². The Bertz CT molecular complexity index is 179. The molecule has 1 rings (SSSR count). The molecule has 3 heteroatoms. The molecule has 2 unspecified atom stereocenters. The summed E-state index contributed by atoms with van der Waals surface area (Å²) in [5.74, 6) is 1.57. The minimum atomic E-state index is -0.357. The van der Waals surface area contributed by atoms with Crippen molar-refractivity contribution in [1.29, 1.82) is 0 Å². The number of carbonyl (C=O) groups excluding carboxylic acids is 1. The van der Waals surface area contributed by atoms with Gasteiger partial charge in [-0.2, -0.15) is 0 Å². The molecule has 0 saturated heterocycles. The Balaban J connectivity index is 2.28. The largest absolute Gasteiger partial charge is 0.344 e. The molecular weight excluding hydrogens is 152 g/mol. The highest BCUT2D eigenvalue weighted by atomic mass is 16.2. The molecule has 1 amide bonds. The average molecular weight is 170 g/mol. The standard InChI is InChI=1S/C9H18N2O/c1-6-4-8(6)5-11(3)9(12)7(2)10/h6-8H,4-5,10H2,1-3H3/t6?,7-,8?/m0/s1. The average Bonchev–Trinajstić information content (AvgIpc) is 2.64. The maximum absolute atomic E-state index is 11.3. The van der Waals surface area contributed by atoms with Crippen molar-refractivity contribution in [1.82, 2.24) is 4.90 Å². The second kappa shape index (κ2) is 3.44. The minimum absolute atomic E-state index is 0.0501. The summed E-state index contributed by atoms with van der Waals surface area (Å²) in [6.45, 7) is 4.82. The van der Waals surface area contributed by atoms with E-state index in [9.17, 15) is 4.79 Å². The Hall–Kier alpha value is -0.570. The van der Waals surface area contributed by atoms with E-state index in [1.807, 2.05) is 7.05 Å². The third kappa shape index (κ3) is 2.21. The number of nitrogens with two attached hydrogens (primary N) is 1. The van der Waals surface area contributed by atoms with Gasteiger partial charge in [-0.25, -0.2) is 0 Å². The molecule has 0 spiro atoms. The van der Waals surface area contributed by atoms with Crippen molar-refractivity contribution >= 4 is 5.91 Å². The lowest BCUT2D eigenvalue weighted by Crippen LogP contribution is -2.40. The predicted octanol–water partition coefficient (Wildman–Crippen LogP) is 0.448. The molecule has 0 aromatic carbocycles. The van der Waals surface area contributed by atoms with E-state index in [0.717, 1.165) is 18.4 Å². The first-order chi connectivity index (χ1) is 5.52. The van der Waals surface area contributed by atoms with Gasteiger partial charge in [-0.05, 0) is 25.2 Å². The van der Waals surface area contributed by atoms with Crippen LogP contribution in [-0.4, -0.2) is 30.4 Å². The maximum atomic E-state index is 11.3. The topological polar surface area (TPSA) is 46.3 Å². The lowest BCUT2D eigenvalue weighted by molar-refractivity contribution is -0.131. The van der Waals surface area contributed by atoms with E-state index in [1.54, 1.807) is 11.8 Å². The second-order valence-electron chi connectivity index (χ2n) is 3.98. The van der Waals surface area contributed by atoms with Gasteiger partial charge < -0.3 is 10.6 Å². The fraction of sp³-hybridized carbons (Fsp3) is 0.889. The normalized spacial score (nSPS) is 29.7. The van der Waals surface area contributed by atoms with Crippen LogP contribution in [0.15, 0.2) is 0 Å². The number of amides is 1. The molecule has 3 atom stereocenters. The smallest absolute Gasteiger partial charge is 0.238 e. The van der Waals surface area contributed by atoms with Crippen molar-refractivity contribution in [2.45, 2.75) is 26.3 Å². The van der Waals surface area contributed by atoms with Crippen LogP contribution < -0.4 is 5.73 Å². The van der Waals surface area contributed by atoms with E-state index in [4.69, 9.17) is 5.73 Å². The first-order valence-electron chi connectivity index (χ1n) is 4.53. The summed E-state index contributed by atoms with van der Waals surface area (Å²) in [6.07, 6.45) is 1.26. The number of nitrogens with zero attached hydrogens (tertiary/aromatic N) is 1. The van der Waals surface area contributed by atoms with Crippen molar-refractivity contribution in [2.24, 2.45) is 17.6 Å². The molecule has 12 heavy (non-hydrogen) atoms. The highest BCUT2D eigenvalue weighted by Gasteiger charge is 2.34. The van der Waals surface area contributed by atoms with E-state index >= 15 is 0 Å². The number of carbonyl (C=O) groups is 1. The molecule has 0 aromatic heterocycles. The van der Waals surface area contributed by atoms with Crippen LogP contribution in [0.1, 0.15) is 20.3 Å². The van der Waals surface area contributed by atoms with Crippen LogP contribution in [0.25, 0.3) is 0 Å². The highest BCUT2D eigenvalue weighted by Crippen LogP contribution is 2.37. The van der Waals surface area contributed by atoms with E-state index in [1.165, 1.54) is 6.42 Å². The molecule has 1 fully saturated rings. The minimum Gasteiger partial charge on any atom is -0.344 e. The van der Waals surface area contributed by atoms with E-state index in [2.05, 4.69) is 6.92 Å². The summed E-state index contributed by atoms with van der Waals surface area (Å²) in [4.78, 5) is 13.1. The zero-order chi connectivity index (χ0) is 9.30.